The molecule has 0 aliphatic heterocycles. The molecule has 1 rings (SSSR count). The summed E-state index contributed by atoms with van der Waals surface area (Å²) in [6.07, 6.45) is -3.32. The van der Waals surface area contributed by atoms with Crippen LogP contribution in [0.1, 0.15) is 11.1 Å². The van der Waals surface area contributed by atoms with E-state index in [1.54, 1.807) is 13.1 Å². The first-order chi connectivity index (χ1) is 9.13. The maximum Gasteiger partial charge on any atom is 0.416 e. The van der Waals surface area contributed by atoms with E-state index in [2.05, 4.69) is 5.32 Å². The highest BCUT2D eigenvalue weighted by Crippen LogP contribution is 2.34. The SMILES string of the molecule is CNCc1ccc(SCCS(C)(=O)=O)cc1C(F)(F)F. The normalized spacial score (nSPS) is 12.7. The summed E-state index contributed by atoms with van der Waals surface area (Å²) in [6.45, 7) is 0.128. The Morgan fingerprint density at radius 3 is 2.45 bits per heavy atom. The zero-order chi connectivity index (χ0) is 15.4. The van der Waals surface area contributed by atoms with E-state index in [9.17, 15) is 21.6 Å². The molecule has 0 aliphatic carbocycles. The number of benzene rings is 1. The summed E-state index contributed by atoms with van der Waals surface area (Å²) in [6, 6.07) is 4.07. The largest absolute Gasteiger partial charge is 0.416 e. The van der Waals surface area contributed by atoms with Crippen LogP contribution >= 0.6 is 11.8 Å². The molecule has 1 N–H and O–H groups in total. The van der Waals surface area contributed by atoms with Crippen LogP contribution in [-0.4, -0.2) is 33.2 Å². The van der Waals surface area contributed by atoms with Gasteiger partial charge in [-0.05, 0) is 24.7 Å². The third kappa shape index (κ3) is 5.72. The molecule has 0 amide bonds. The first-order valence-corrected chi connectivity index (χ1v) is 8.83. The third-order valence-corrected chi connectivity index (χ3v) is 4.68. The van der Waals surface area contributed by atoms with Gasteiger partial charge in [-0.15, -0.1) is 11.8 Å². The topological polar surface area (TPSA) is 46.2 Å². The summed E-state index contributed by atoms with van der Waals surface area (Å²) in [5, 5.41) is 2.69. The molecule has 0 unspecified atom stereocenters. The molecule has 0 aliphatic rings. The molecule has 8 heteroatoms. The summed E-state index contributed by atoms with van der Waals surface area (Å²) in [5.74, 6) is 0.179. The van der Waals surface area contributed by atoms with E-state index in [0.717, 1.165) is 24.1 Å². The number of nitrogens with one attached hydrogen (secondary N) is 1. The maximum absolute atomic E-state index is 12.9. The van der Waals surface area contributed by atoms with E-state index in [4.69, 9.17) is 0 Å². The average Bonchev–Trinajstić information content (AvgIpc) is 2.28. The van der Waals surface area contributed by atoms with Gasteiger partial charge in [-0.2, -0.15) is 13.2 Å². The van der Waals surface area contributed by atoms with E-state index >= 15 is 0 Å². The fourth-order valence-corrected chi connectivity index (χ4v) is 3.71. The Balaban J connectivity index is 2.90. The van der Waals surface area contributed by atoms with Gasteiger partial charge < -0.3 is 5.32 Å². The van der Waals surface area contributed by atoms with E-state index < -0.39 is 21.6 Å². The van der Waals surface area contributed by atoms with Crippen molar-refractivity contribution in [2.45, 2.75) is 17.6 Å². The van der Waals surface area contributed by atoms with Crippen molar-refractivity contribution in [1.29, 1.82) is 0 Å². The first kappa shape index (κ1) is 17.3. The van der Waals surface area contributed by atoms with Crippen LogP contribution in [0.2, 0.25) is 0 Å². The zero-order valence-electron chi connectivity index (χ0n) is 11.1. The van der Waals surface area contributed by atoms with E-state index in [1.165, 1.54) is 6.07 Å². The van der Waals surface area contributed by atoms with Crippen LogP contribution in [0.3, 0.4) is 0 Å². The third-order valence-electron chi connectivity index (χ3n) is 2.48. The summed E-state index contributed by atoms with van der Waals surface area (Å²) >= 11 is 1.10. The van der Waals surface area contributed by atoms with Gasteiger partial charge in [0, 0.05) is 23.4 Å². The van der Waals surface area contributed by atoms with Gasteiger partial charge in [0.15, 0.2) is 0 Å². The molecule has 20 heavy (non-hydrogen) atoms. The van der Waals surface area contributed by atoms with Gasteiger partial charge in [-0.1, -0.05) is 6.07 Å². The highest BCUT2D eigenvalue weighted by Gasteiger charge is 2.33. The van der Waals surface area contributed by atoms with Crippen molar-refractivity contribution in [2.24, 2.45) is 0 Å². The van der Waals surface area contributed by atoms with Gasteiger partial charge in [0.05, 0.1) is 11.3 Å². The lowest BCUT2D eigenvalue weighted by Crippen LogP contribution is -2.14. The number of rotatable bonds is 6. The van der Waals surface area contributed by atoms with E-state index in [0.29, 0.717) is 4.90 Å². The molecular formula is C12H16F3NO2S2. The Bertz CT molecular complexity index is 556. The highest BCUT2D eigenvalue weighted by molar-refractivity contribution is 8.00. The van der Waals surface area contributed by atoms with Crippen molar-refractivity contribution in [3.8, 4) is 0 Å². The average molecular weight is 327 g/mol. The van der Waals surface area contributed by atoms with Crippen molar-refractivity contribution in [3.05, 3.63) is 29.3 Å². The number of thioether (sulfide) groups is 1. The minimum absolute atomic E-state index is 0.0582. The predicted octanol–water partition coefficient (Wildman–Crippen LogP) is 2.56. The smallest absolute Gasteiger partial charge is 0.316 e. The fraction of sp³-hybridized carbons (Fsp3) is 0.500. The number of halogens is 3. The molecule has 0 saturated heterocycles. The van der Waals surface area contributed by atoms with Crippen LogP contribution in [0.4, 0.5) is 13.2 Å². The zero-order valence-corrected chi connectivity index (χ0v) is 12.8. The summed E-state index contributed by atoms with van der Waals surface area (Å²) in [4.78, 5) is 0.417. The summed E-state index contributed by atoms with van der Waals surface area (Å²) in [7, 11) is -1.52. The lowest BCUT2D eigenvalue weighted by molar-refractivity contribution is -0.138. The second-order valence-electron chi connectivity index (χ2n) is 4.33. The standard InChI is InChI=1S/C12H16F3NO2S2/c1-16-8-9-3-4-10(7-11(9)12(13,14)15)19-5-6-20(2,17)18/h3-4,7,16H,5-6,8H2,1-2H3. The Morgan fingerprint density at radius 2 is 1.95 bits per heavy atom. The minimum Gasteiger partial charge on any atom is -0.316 e. The van der Waals surface area contributed by atoms with Crippen LogP contribution in [0.15, 0.2) is 23.1 Å². The van der Waals surface area contributed by atoms with Crippen LogP contribution < -0.4 is 5.32 Å². The molecule has 1 aromatic carbocycles. The van der Waals surface area contributed by atoms with Crippen LogP contribution in [-0.2, 0) is 22.6 Å². The summed E-state index contributed by atoms with van der Waals surface area (Å²) in [5.41, 5.74) is -0.510. The molecule has 0 bridgehead atoms. The Morgan fingerprint density at radius 1 is 1.30 bits per heavy atom. The molecule has 0 radical (unpaired) electrons. The second-order valence-corrected chi connectivity index (χ2v) is 7.75. The van der Waals surface area contributed by atoms with Crippen molar-refractivity contribution in [2.75, 3.05) is 24.8 Å². The second kappa shape index (κ2) is 6.82. The van der Waals surface area contributed by atoms with Crippen molar-refractivity contribution in [3.63, 3.8) is 0 Å². The molecular weight excluding hydrogens is 311 g/mol. The molecule has 0 fully saturated rings. The van der Waals surface area contributed by atoms with Gasteiger partial charge in [-0.3, -0.25) is 0 Å². The quantitative estimate of drug-likeness (QED) is 0.816. The van der Waals surface area contributed by atoms with E-state index in [1.807, 2.05) is 0 Å². The van der Waals surface area contributed by atoms with E-state index in [-0.39, 0.29) is 23.6 Å². The number of hydrogen-bond donors (Lipinski definition) is 1. The van der Waals surface area contributed by atoms with Crippen LogP contribution in [0, 0.1) is 0 Å². The minimum atomic E-state index is -4.42. The number of alkyl halides is 3. The van der Waals surface area contributed by atoms with Crippen molar-refractivity contribution < 1.29 is 21.6 Å². The Labute approximate surface area is 120 Å². The van der Waals surface area contributed by atoms with Gasteiger partial charge in [0.25, 0.3) is 0 Å². The molecule has 0 saturated carbocycles. The Kier molecular flexibility index (Phi) is 5.91. The molecule has 0 spiro atoms. The lowest BCUT2D eigenvalue weighted by Gasteiger charge is -2.14. The molecule has 0 aromatic heterocycles. The summed E-state index contributed by atoms with van der Waals surface area (Å²) < 4.78 is 60.8. The monoisotopic (exact) mass is 327 g/mol. The van der Waals surface area contributed by atoms with Gasteiger partial charge in [0.2, 0.25) is 0 Å². The maximum atomic E-state index is 12.9. The lowest BCUT2D eigenvalue weighted by atomic mass is 10.1. The van der Waals surface area contributed by atoms with Crippen molar-refractivity contribution in [1.82, 2.24) is 5.32 Å². The highest BCUT2D eigenvalue weighted by atomic mass is 32.2. The van der Waals surface area contributed by atoms with Crippen molar-refractivity contribution >= 4 is 21.6 Å². The number of sulfone groups is 1. The molecule has 1 aromatic rings. The Hall–Kier alpha value is -0.730. The molecule has 0 atom stereocenters. The molecule has 114 valence electrons. The molecule has 0 heterocycles. The molecule has 3 nitrogen and oxygen atoms in total. The van der Waals surface area contributed by atoms with Crippen LogP contribution in [0.5, 0.6) is 0 Å². The first-order valence-electron chi connectivity index (χ1n) is 5.79. The van der Waals surface area contributed by atoms with Crippen LogP contribution in [0.25, 0.3) is 0 Å². The predicted molar refractivity (Wildman–Crippen MR) is 74.6 cm³/mol. The van der Waals surface area contributed by atoms with Gasteiger partial charge in [0.1, 0.15) is 9.84 Å². The van der Waals surface area contributed by atoms with Gasteiger partial charge >= 0.3 is 6.18 Å². The number of hydrogen-bond acceptors (Lipinski definition) is 4. The van der Waals surface area contributed by atoms with Gasteiger partial charge in [-0.25, -0.2) is 8.42 Å². The fourth-order valence-electron chi connectivity index (χ4n) is 1.56.